The van der Waals surface area contributed by atoms with Crippen molar-refractivity contribution in [2.24, 2.45) is 0 Å². The van der Waals surface area contributed by atoms with E-state index in [1.807, 2.05) is 35.8 Å². The van der Waals surface area contributed by atoms with Crippen LogP contribution in [0.25, 0.3) is 10.9 Å². The molecule has 0 aliphatic carbocycles. The fourth-order valence-corrected chi connectivity index (χ4v) is 4.26. The maximum Gasteiger partial charge on any atom is 0.200 e. The van der Waals surface area contributed by atoms with E-state index in [9.17, 15) is 9.59 Å². The smallest absolute Gasteiger partial charge is 0.200 e. The maximum atomic E-state index is 13.5. The van der Waals surface area contributed by atoms with Crippen molar-refractivity contribution in [3.05, 3.63) is 93.8 Å². The van der Waals surface area contributed by atoms with Gasteiger partial charge in [-0.15, -0.1) is 0 Å². The Morgan fingerprint density at radius 2 is 1.71 bits per heavy atom. The number of para-hydroxylation sites is 1. The van der Waals surface area contributed by atoms with Crippen LogP contribution in [-0.4, -0.2) is 37.3 Å². The maximum absolute atomic E-state index is 13.5. The Kier molecular flexibility index (Phi) is 6.14. The van der Waals surface area contributed by atoms with E-state index in [-0.39, 0.29) is 16.8 Å². The molecule has 0 atom stereocenters. The molecule has 0 radical (unpaired) electrons. The highest BCUT2D eigenvalue weighted by atomic mass is 16.6. The molecule has 7 heteroatoms. The van der Waals surface area contributed by atoms with Crippen LogP contribution in [0.3, 0.4) is 0 Å². The predicted molar refractivity (Wildman–Crippen MR) is 132 cm³/mol. The monoisotopic (exact) mass is 471 g/mol. The molecular weight excluding hydrogens is 446 g/mol. The number of methoxy groups -OCH3 is 1. The van der Waals surface area contributed by atoms with Gasteiger partial charge in [0.2, 0.25) is 5.43 Å². The average Bonchev–Trinajstić information content (AvgIpc) is 2.90. The van der Waals surface area contributed by atoms with E-state index in [4.69, 9.17) is 18.9 Å². The van der Waals surface area contributed by atoms with Crippen molar-refractivity contribution in [3.8, 4) is 23.0 Å². The van der Waals surface area contributed by atoms with E-state index in [1.54, 1.807) is 49.7 Å². The van der Waals surface area contributed by atoms with E-state index in [0.29, 0.717) is 60.1 Å². The van der Waals surface area contributed by atoms with Crippen molar-refractivity contribution < 1.29 is 23.7 Å². The van der Waals surface area contributed by atoms with Gasteiger partial charge < -0.3 is 23.5 Å². The predicted octanol–water partition coefficient (Wildman–Crippen LogP) is 4.46. The molecule has 0 saturated heterocycles. The van der Waals surface area contributed by atoms with Gasteiger partial charge in [-0.1, -0.05) is 18.2 Å². The molecule has 178 valence electrons. The summed E-state index contributed by atoms with van der Waals surface area (Å²) in [6.07, 6.45) is 1.62. The number of ether oxygens (including phenoxy) is 4. The lowest BCUT2D eigenvalue weighted by Crippen LogP contribution is -2.21. The molecule has 1 aliphatic rings. The first-order valence-corrected chi connectivity index (χ1v) is 11.4. The Morgan fingerprint density at radius 3 is 2.43 bits per heavy atom. The highest BCUT2D eigenvalue weighted by molar-refractivity contribution is 6.10. The molecule has 0 amide bonds. The van der Waals surface area contributed by atoms with E-state index < -0.39 is 0 Å². The van der Waals surface area contributed by atoms with Gasteiger partial charge in [-0.05, 0) is 43.3 Å². The van der Waals surface area contributed by atoms with Crippen LogP contribution in [-0.2, 0) is 6.54 Å². The van der Waals surface area contributed by atoms with Gasteiger partial charge in [-0.2, -0.15) is 0 Å². The molecule has 0 spiro atoms. The third-order valence-electron chi connectivity index (χ3n) is 5.95. The largest absolute Gasteiger partial charge is 0.496 e. The van der Waals surface area contributed by atoms with E-state index in [2.05, 4.69) is 0 Å². The molecule has 7 nitrogen and oxygen atoms in total. The first-order valence-electron chi connectivity index (χ1n) is 11.4. The zero-order valence-corrected chi connectivity index (χ0v) is 19.6. The fraction of sp³-hybridized carbons (Fsp3) is 0.214. The molecule has 4 aromatic rings. The van der Waals surface area contributed by atoms with Crippen molar-refractivity contribution in [2.45, 2.75) is 13.5 Å². The Morgan fingerprint density at radius 1 is 1.00 bits per heavy atom. The second-order valence-corrected chi connectivity index (χ2v) is 8.11. The SMILES string of the molecule is CCOc1ccc(C(=O)c2cn(Cc3ccccc3OC)c3cc4c(cc3c2=O)OCCO4)cc1. The second kappa shape index (κ2) is 9.54. The summed E-state index contributed by atoms with van der Waals surface area (Å²) >= 11 is 0. The lowest BCUT2D eigenvalue weighted by molar-refractivity contribution is 0.103. The number of carbonyl (C=O) groups is 1. The van der Waals surface area contributed by atoms with Gasteiger partial charge in [0.05, 0.1) is 36.7 Å². The van der Waals surface area contributed by atoms with Gasteiger partial charge in [0.25, 0.3) is 0 Å². The Labute approximate surface area is 202 Å². The molecule has 1 aromatic heterocycles. The molecule has 1 aliphatic heterocycles. The molecule has 0 unspecified atom stereocenters. The number of hydrogen-bond acceptors (Lipinski definition) is 6. The van der Waals surface area contributed by atoms with Crippen molar-refractivity contribution in [1.29, 1.82) is 0 Å². The minimum atomic E-state index is -0.358. The highest BCUT2D eigenvalue weighted by Crippen LogP contribution is 2.34. The fourth-order valence-electron chi connectivity index (χ4n) is 4.26. The number of nitrogens with zero attached hydrogens (tertiary/aromatic N) is 1. The van der Waals surface area contributed by atoms with Crippen LogP contribution in [0, 0.1) is 0 Å². The minimum absolute atomic E-state index is 0.0771. The topological polar surface area (TPSA) is 76.0 Å². The first-order chi connectivity index (χ1) is 17.1. The second-order valence-electron chi connectivity index (χ2n) is 8.11. The van der Waals surface area contributed by atoms with Gasteiger partial charge in [0.1, 0.15) is 24.7 Å². The van der Waals surface area contributed by atoms with Crippen molar-refractivity contribution >= 4 is 16.7 Å². The van der Waals surface area contributed by atoms with Crippen LogP contribution >= 0.6 is 0 Å². The van der Waals surface area contributed by atoms with E-state index in [0.717, 1.165) is 11.3 Å². The van der Waals surface area contributed by atoms with Crippen molar-refractivity contribution in [1.82, 2.24) is 4.57 Å². The van der Waals surface area contributed by atoms with Crippen LogP contribution in [0.4, 0.5) is 0 Å². The molecule has 0 saturated carbocycles. The molecule has 0 bridgehead atoms. The molecule has 35 heavy (non-hydrogen) atoms. The van der Waals surface area contributed by atoms with Gasteiger partial charge in [-0.25, -0.2) is 0 Å². The van der Waals surface area contributed by atoms with Crippen molar-refractivity contribution in [3.63, 3.8) is 0 Å². The zero-order chi connectivity index (χ0) is 24.4. The van der Waals surface area contributed by atoms with E-state index >= 15 is 0 Å². The number of hydrogen-bond donors (Lipinski definition) is 0. The van der Waals surface area contributed by atoms with Crippen LogP contribution in [0.5, 0.6) is 23.0 Å². The number of fused-ring (bicyclic) bond motifs is 2. The lowest BCUT2D eigenvalue weighted by atomic mass is 10.0. The van der Waals surface area contributed by atoms with Gasteiger partial charge >= 0.3 is 0 Å². The van der Waals surface area contributed by atoms with E-state index in [1.165, 1.54) is 0 Å². The van der Waals surface area contributed by atoms with Gasteiger partial charge in [-0.3, -0.25) is 9.59 Å². The van der Waals surface area contributed by atoms with Crippen LogP contribution in [0.1, 0.15) is 28.4 Å². The average molecular weight is 472 g/mol. The summed E-state index contributed by atoms with van der Waals surface area (Å²) in [6, 6.07) is 17.9. The third kappa shape index (κ3) is 4.33. The summed E-state index contributed by atoms with van der Waals surface area (Å²) in [5.74, 6) is 2.10. The summed E-state index contributed by atoms with van der Waals surface area (Å²) in [7, 11) is 1.62. The standard InChI is InChI=1S/C28H25NO6/c1-3-33-20-10-8-18(9-11-20)27(30)22-17-29(16-19-6-4-5-7-24(19)32-2)23-15-26-25(34-12-13-35-26)14-21(23)28(22)31/h4-11,14-15,17H,3,12-13,16H2,1-2H3. The number of benzene rings is 3. The highest BCUT2D eigenvalue weighted by Gasteiger charge is 2.21. The zero-order valence-electron chi connectivity index (χ0n) is 19.6. The van der Waals surface area contributed by atoms with Crippen LogP contribution < -0.4 is 24.4 Å². The number of ketones is 1. The lowest BCUT2D eigenvalue weighted by Gasteiger charge is -2.21. The number of pyridine rings is 1. The molecule has 3 aromatic carbocycles. The first kappa shape index (κ1) is 22.5. The summed E-state index contributed by atoms with van der Waals surface area (Å²) in [5.41, 5.74) is 1.69. The molecule has 0 fully saturated rings. The van der Waals surface area contributed by atoms with Gasteiger partial charge in [0, 0.05) is 23.4 Å². The summed E-state index contributed by atoms with van der Waals surface area (Å²) in [6.45, 7) is 3.65. The quantitative estimate of drug-likeness (QED) is 0.371. The summed E-state index contributed by atoms with van der Waals surface area (Å²) in [4.78, 5) is 27.0. The number of carbonyl (C=O) groups excluding carboxylic acids is 1. The Hall–Kier alpha value is -4.26. The molecular formula is C28H25NO6. The molecule has 5 rings (SSSR count). The Bertz CT molecular complexity index is 1460. The molecule has 0 N–H and O–H groups in total. The normalized spacial score (nSPS) is 12.4. The third-order valence-corrected chi connectivity index (χ3v) is 5.95. The number of aromatic nitrogens is 1. The Balaban J connectivity index is 1.67. The number of rotatable bonds is 7. The van der Waals surface area contributed by atoms with Crippen molar-refractivity contribution in [2.75, 3.05) is 26.9 Å². The summed E-state index contributed by atoms with van der Waals surface area (Å²) < 4.78 is 24.3. The van der Waals surface area contributed by atoms with Gasteiger partial charge in [0.15, 0.2) is 17.3 Å². The minimum Gasteiger partial charge on any atom is -0.496 e. The molecule has 2 heterocycles. The van der Waals surface area contributed by atoms with Crippen LogP contribution in [0.2, 0.25) is 0 Å². The van der Waals surface area contributed by atoms with Crippen LogP contribution in [0.15, 0.2) is 71.7 Å². The summed E-state index contributed by atoms with van der Waals surface area (Å²) in [5, 5.41) is 0.390.